The molecule has 3 aliphatic heterocycles. The number of nitrogens with zero attached hydrogens (tertiary/aromatic N) is 7. The van der Waals surface area contributed by atoms with Gasteiger partial charge in [-0.3, -0.25) is 14.8 Å². The van der Waals surface area contributed by atoms with Crippen LogP contribution in [0.1, 0.15) is 36.7 Å². The van der Waals surface area contributed by atoms with Gasteiger partial charge < -0.3 is 19.5 Å². The number of aromatic nitrogens is 5. The third kappa shape index (κ3) is 5.93. The first-order chi connectivity index (χ1) is 22.9. The fourth-order valence-electron chi connectivity index (χ4n) is 7.29. The molecule has 5 aromatic rings. The van der Waals surface area contributed by atoms with Gasteiger partial charge in [0.25, 0.3) is 5.91 Å². The van der Waals surface area contributed by atoms with Crippen molar-refractivity contribution in [1.82, 2.24) is 29.2 Å². The van der Waals surface area contributed by atoms with Gasteiger partial charge in [0.05, 0.1) is 22.1 Å². The highest BCUT2D eigenvalue weighted by Crippen LogP contribution is 2.40. The number of hydrogen-bond donors (Lipinski definition) is 2. The van der Waals surface area contributed by atoms with Gasteiger partial charge in [0, 0.05) is 78.8 Å². The molecule has 3 aliphatic rings. The van der Waals surface area contributed by atoms with Gasteiger partial charge in [0.1, 0.15) is 5.52 Å². The Hall–Kier alpha value is -3.48. The standard InChI is InChI=1S/C34H36Cl2N8O2S/c35-27-14-25(23-3-5-24(6-4-23)43-16-22(17-43)15-41-11-7-21(19-45)8-12-41)29(36)30-26(27)18-44(40-30)32(33(46)39-34-37-9-13-47-34)31-28-2-1-10-42(28)20-38-31/h3-6,9,13-14,18,20-22,32,45H,1-2,7-8,10-12,15-17,19H2,(H,37,39,46). The summed E-state index contributed by atoms with van der Waals surface area (Å²) in [4.78, 5) is 27.6. The van der Waals surface area contributed by atoms with Gasteiger partial charge in [0.15, 0.2) is 11.2 Å². The maximum absolute atomic E-state index is 13.8. The minimum atomic E-state index is -0.816. The molecule has 0 aliphatic carbocycles. The van der Waals surface area contributed by atoms with E-state index in [-0.39, 0.29) is 5.91 Å². The van der Waals surface area contributed by atoms with Crippen LogP contribution in [0.4, 0.5) is 10.8 Å². The summed E-state index contributed by atoms with van der Waals surface area (Å²) in [5.74, 6) is 0.869. The van der Waals surface area contributed by atoms with Crippen LogP contribution in [0.5, 0.6) is 0 Å². The van der Waals surface area contributed by atoms with Gasteiger partial charge in [-0.05, 0) is 68.5 Å². The third-order valence-electron chi connectivity index (χ3n) is 9.91. The highest BCUT2D eigenvalue weighted by atomic mass is 35.5. The van der Waals surface area contributed by atoms with E-state index in [1.165, 1.54) is 17.0 Å². The average Bonchev–Trinajstić information content (AvgIpc) is 3.88. The SMILES string of the molecule is O=C(Nc1nccs1)C(c1ncn2c1CCC2)n1cc2c(Cl)cc(-c3ccc(N4CC(CN5CCC(CO)CC5)C4)cc3)c(Cl)c2n1. The lowest BCUT2D eigenvalue weighted by atomic mass is 9.94. The van der Waals surface area contributed by atoms with Crippen molar-refractivity contribution in [2.24, 2.45) is 11.8 Å². The first-order valence-corrected chi connectivity index (χ1v) is 17.9. The number of carbonyl (C=O) groups is 1. The Morgan fingerprint density at radius 3 is 2.64 bits per heavy atom. The Balaban J connectivity index is 1.02. The van der Waals surface area contributed by atoms with Gasteiger partial charge in [-0.15, -0.1) is 11.3 Å². The Morgan fingerprint density at radius 2 is 1.89 bits per heavy atom. The normalized spacial score (nSPS) is 18.1. The van der Waals surface area contributed by atoms with E-state index in [0.29, 0.717) is 50.2 Å². The van der Waals surface area contributed by atoms with E-state index in [1.807, 2.05) is 11.4 Å². The molecular formula is C34H36Cl2N8O2S. The molecule has 2 aromatic carbocycles. The Bertz CT molecular complexity index is 1890. The number of amides is 1. The number of likely N-dealkylation sites (tertiary alicyclic amines) is 1. The summed E-state index contributed by atoms with van der Waals surface area (Å²) >= 11 is 15.3. The molecule has 0 bridgehead atoms. The summed E-state index contributed by atoms with van der Waals surface area (Å²) < 4.78 is 3.74. The van der Waals surface area contributed by atoms with Gasteiger partial charge >= 0.3 is 0 Å². The Labute approximate surface area is 286 Å². The number of fused-ring (bicyclic) bond motifs is 2. The zero-order chi connectivity index (χ0) is 32.1. The van der Waals surface area contributed by atoms with Crippen LogP contribution >= 0.6 is 34.5 Å². The predicted octanol–water partition coefficient (Wildman–Crippen LogP) is 5.98. The second-order valence-electron chi connectivity index (χ2n) is 12.9. The third-order valence-corrected chi connectivity index (χ3v) is 11.3. The first kappa shape index (κ1) is 30.8. The second-order valence-corrected chi connectivity index (χ2v) is 14.6. The van der Waals surface area contributed by atoms with E-state index < -0.39 is 6.04 Å². The fourth-order valence-corrected chi connectivity index (χ4v) is 8.37. The van der Waals surface area contributed by atoms with E-state index in [4.69, 9.17) is 28.3 Å². The highest BCUT2D eigenvalue weighted by Gasteiger charge is 2.33. The van der Waals surface area contributed by atoms with E-state index in [1.54, 1.807) is 23.4 Å². The topological polar surface area (TPSA) is 104 Å². The number of halogens is 2. The molecule has 6 heterocycles. The number of aryl methyl sites for hydroxylation is 1. The van der Waals surface area contributed by atoms with Crippen LogP contribution in [0, 0.1) is 11.8 Å². The molecule has 244 valence electrons. The molecule has 8 rings (SSSR count). The number of rotatable bonds is 9. The minimum Gasteiger partial charge on any atom is -0.396 e. The molecule has 1 unspecified atom stereocenters. The molecule has 10 nitrogen and oxygen atoms in total. The molecule has 1 atom stereocenters. The highest BCUT2D eigenvalue weighted by molar-refractivity contribution is 7.13. The molecule has 13 heteroatoms. The number of benzene rings is 2. The van der Waals surface area contributed by atoms with Crippen molar-refractivity contribution < 1.29 is 9.90 Å². The fraction of sp³-hybridized carbons (Fsp3) is 0.412. The number of hydrogen-bond acceptors (Lipinski definition) is 8. The van der Waals surface area contributed by atoms with E-state index in [9.17, 15) is 9.90 Å². The number of thiazole rings is 1. The van der Waals surface area contributed by atoms with Gasteiger partial charge in [-0.25, -0.2) is 9.97 Å². The van der Waals surface area contributed by atoms with Gasteiger partial charge in [-0.2, -0.15) is 5.10 Å². The number of aliphatic hydroxyl groups excluding tert-OH is 1. The molecule has 1 amide bonds. The molecule has 2 N–H and O–H groups in total. The summed E-state index contributed by atoms with van der Waals surface area (Å²) in [5, 5.41) is 21.2. The first-order valence-electron chi connectivity index (χ1n) is 16.2. The monoisotopic (exact) mass is 690 g/mol. The number of piperidine rings is 1. The van der Waals surface area contributed by atoms with Crippen LogP contribution < -0.4 is 10.2 Å². The Kier molecular flexibility index (Phi) is 8.43. The number of carbonyl (C=O) groups excluding carboxylic acids is 1. The number of anilines is 2. The lowest BCUT2D eigenvalue weighted by Crippen LogP contribution is -2.52. The summed E-state index contributed by atoms with van der Waals surface area (Å²) in [6.45, 7) is 6.61. The van der Waals surface area contributed by atoms with Crippen molar-refractivity contribution in [2.75, 3.05) is 49.5 Å². The van der Waals surface area contributed by atoms with Crippen LogP contribution in [0.2, 0.25) is 10.0 Å². The molecule has 2 fully saturated rings. The van der Waals surface area contributed by atoms with Crippen LogP contribution in [0.15, 0.2) is 54.4 Å². The minimum absolute atomic E-state index is 0.274. The number of aliphatic hydroxyl groups is 1. The summed E-state index contributed by atoms with van der Waals surface area (Å²) in [6, 6.07) is 9.52. The van der Waals surface area contributed by atoms with Crippen LogP contribution in [-0.2, 0) is 17.8 Å². The van der Waals surface area contributed by atoms with Crippen molar-refractivity contribution in [3.63, 3.8) is 0 Å². The van der Waals surface area contributed by atoms with Crippen LogP contribution in [-0.4, -0.2) is 79.6 Å². The maximum atomic E-state index is 13.8. The average molecular weight is 692 g/mol. The van der Waals surface area contributed by atoms with Gasteiger partial charge in [0.2, 0.25) is 0 Å². The largest absolute Gasteiger partial charge is 0.396 e. The molecule has 47 heavy (non-hydrogen) atoms. The predicted molar refractivity (Wildman–Crippen MR) is 187 cm³/mol. The van der Waals surface area contributed by atoms with E-state index in [2.05, 4.69) is 53.9 Å². The van der Waals surface area contributed by atoms with E-state index in [0.717, 1.165) is 81.8 Å². The zero-order valence-electron chi connectivity index (χ0n) is 25.9. The quantitative estimate of drug-likeness (QED) is 0.196. The molecule has 3 aromatic heterocycles. The number of imidazole rings is 1. The van der Waals surface area contributed by atoms with Crippen molar-refractivity contribution in [3.8, 4) is 11.1 Å². The second kappa shape index (κ2) is 12.9. The molecule has 2 saturated heterocycles. The van der Waals surface area contributed by atoms with Gasteiger partial charge in [-0.1, -0.05) is 35.3 Å². The van der Waals surface area contributed by atoms with Crippen molar-refractivity contribution in [3.05, 3.63) is 75.9 Å². The summed E-state index contributed by atoms with van der Waals surface area (Å²) in [7, 11) is 0. The molecule has 0 saturated carbocycles. The molecule has 0 spiro atoms. The summed E-state index contributed by atoms with van der Waals surface area (Å²) in [5.41, 5.74) is 5.18. The molecule has 0 radical (unpaired) electrons. The maximum Gasteiger partial charge on any atom is 0.257 e. The number of nitrogens with one attached hydrogen (secondary N) is 1. The van der Waals surface area contributed by atoms with Crippen molar-refractivity contribution in [2.45, 2.75) is 38.3 Å². The smallest absolute Gasteiger partial charge is 0.257 e. The summed E-state index contributed by atoms with van der Waals surface area (Å²) in [6.07, 6.45) is 9.31. The lowest BCUT2D eigenvalue weighted by Gasteiger charge is -2.44. The molecular weight excluding hydrogens is 655 g/mol. The Morgan fingerprint density at radius 1 is 1.09 bits per heavy atom. The zero-order valence-corrected chi connectivity index (χ0v) is 28.2. The van der Waals surface area contributed by atoms with Crippen LogP contribution in [0.3, 0.4) is 0 Å². The van der Waals surface area contributed by atoms with Crippen molar-refractivity contribution in [1.29, 1.82) is 0 Å². The lowest BCUT2D eigenvalue weighted by molar-refractivity contribution is -0.118. The van der Waals surface area contributed by atoms with E-state index >= 15 is 0 Å². The van der Waals surface area contributed by atoms with Crippen molar-refractivity contribution >= 4 is 62.2 Å². The van der Waals surface area contributed by atoms with Crippen LogP contribution in [0.25, 0.3) is 22.0 Å².